The van der Waals surface area contributed by atoms with Crippen LogP contribution in [0.3, 0.4) is 0 Å². The Morgan fingerprint density at radius 2 is 1.95 bits per heavy atom. The van der Waals surface area contributed by atoms with Gasteiger partial charge in [-0.3, -0.25) is 4.79 Å². The van der Waals surface area contributed by atoms with E-state index < -0.39 is 6.10 Å². The van der Waals surface area contributed by atoms with E-state index in [0.29, 0.717) is 13.2 Å². The lowest BCUT2D eigenvalue weighted by Crippen LogP contribution is -2.48. The molecule has 7 heteroatoms. The summed E-state index contributed by atoms with van der Waals surface area (Å²) in [5.74, 6) is -0.0519. The second-order valence-electron chi connectivity index (χ2n) is 4.54. The van der Waals surface area contributed by atoms with Gasteiger partial charge in [0.05, 0.1) is 12.6 Å². The Hall–Kier alpha value is -0.920. The van der Waals surface area contributed by atoms with Crippen molar-refractivity contribution in [2.45, 2.75) is 12.1 Å². The maximum atomic E-state index is 12.3. The van der Waals surface area contributed by atoms with Gasteiger partial charge in [-0.05, 0) is 22.9 Å². The molecular formula is C14H17ClN2O2S2. The van der Waals surface area contributed by atoms with Gasteiger partial charge in [0, 0.05) is 22.8 Å². The minimum atomic E-state index is -0.397. The van der Waals surface area contributed by atoms with Crippen LogP contribution < -0.4 is 10.6 Å². The lowest BCUT2D eigenvalue weighted by Gasteiger charge is -2.25. The van der Waals surface area contributed by atoms with Crippen LogP contribution in [-0.4, -0.2) is 31.7 Å². The fraction of sp³-hybridized carbons (Fsp3) is 0.357. The zero-order valence-corrected chi connectivity index (χ0v) is 13.7. The van der Waals surface area contributed by atoms with Crippen molar-refractivity contribution in [3.63, 3.8) is 0 Å². The van der Waals surface area contributed by atoms with Gasteiger partial charge in [-0.15, -0.1) is 35.1 Å². The summed E-state index contributed by atoms with van der Waals surface area (Å²) in [6.45, 7) is 1.97. The summed E-state index contributed by atoms with van der Waals surface area (Å²) in [6, 6.07) is 8.04. The fourth-order valence-corrected chi connectivity index (χ4v) is 3.82. The van der Waals surface area contributed by atoms with Crippen molar-refractivity contribution in [3.05, 3.63) is 44.8 Å². The van der Waals surface area contributed by atoms with Gasteiger partial charge in [0.25, 0.3) is 5.91 Å². The Balaban J connectivity index is 0.00000161. The average Bonchev–Trinajstić information content (AvgIpc) is 3.19. The number of carbonyl (C=O) groups excluding carboxylic acids is 1. The highest BCUT2D eigenvalue weighted by Gasteiger charge is 2.26. The van der Waals surface area contributed by atoms with E-state index in [4.69, 9.17) is 4.74 Å². The first-order chi connectivity index (χ1) is 9.84. The predicted molar refractivity (Wildman–Crippen MR) is 88.5 cm³/mol. The van der Waals surface area contributed by atoms with E-state index >= 15 is 0 Å². The first-order valence-electron chi connectivity index (χ1n) is 6.54. The summed E-state index contributed by atoms with van der Waals surface area (Å²) in [5, 5.41) is 10.3. The Kier molecular flexibility index (Phi) is 6.20. The summed E-state index contributed by atoms with van der Waals surface area (Å²) in [7, 11) is 0. The molecule has 1 fully saturated rings. The largest absolute Gasteiger partial charge is 0.366 e. The molecule has 0 radical (unpaired) electrons. The van der Waals surface area contributed by atoms with Crippen molar-refractivity contribution in [1.82, 2.24) is 10.6 Å². The molecule has 3 rings (SSSR count). The van der Waals surface area contributed by atoms with Gasteiger partial charge < -0.3 is 15.4 Å². The molecule has 0 saturated carbocycles. The molecule has 0 bridgehead atoms. The molecule has 1 amide bonds. The molecule has 0 aliphatic carbocycles. The number of thiophene rings is 2. The summed E-state index contributed by atoms with van der Waals surface area (Å²) in [6.07, 6.45) is -0.397. The summed E-state index contributed by atoms with van der Waals surface area (Å²) in [4.78, 5) is 14.6. The molecule has 1 aliphatic heterocycles. The Labute approximate surface area is 137 Å². The first kappa shape index (κ1) is 16.5. The minimum Gasteiger partial charge on any atom is -0.366 e. The van der Waals surface area contributed by atoms with E-state index in [1.54, 1.807) is 22.7 Å². The van der Waals surface area contributed by atoms with E-state index in [1.165, 1.54) is 0 Å². The van der Waals surface area contributed by atoms with Crippen molar-refractivity contribution in [2.24, 2.45) is 0 Å². The van der Waals surface area contributed by atoms with Gasteiger partial charge in [0.2, 0.25) is 0 Å². The van der Waals surface area contributed by atoms with Crippen LogP contribution in [-0.2, 0) is 9.53 Å². The normalized spacial score (nSPS) is 18.2. The van der Waals surface area contributed by atoms with Crippen LogP contribution >= 0.6 is 35.1 Å². The third-order valence-electron chi connectivity index (χ3n) is 3.16. The second kappa shape index (κ2) is 7.91. The summed E-state index contributed by atoms with van der Waals surface area (Å²) in [5.41, 5.74) is 0. The van der Waals surface area contributed by atoms with Crippen LogP contribution in [0.4, 0.5) is 0 Å². The lowest BCUT2D eigenvalue weighted by atomic mass is 10.2. The molecular weight excluding hydrogens is 328 g/mol. The number of hydrogen-bond donors (Lipinski definition) is 2. The average molecular weight is 345 g/mol. The van der Waals surface area contributed by atoms with Gasteiger partial charge in [-0.25, -0.2) is 0 Å². The predicted octanol–water partition coefficient (Wildman–Crippen LogP) is 2.43. The van der Waals surface area contributed by atoms with E-state index in [-0.39, 0.29) is 24.4 Å². The monoisotopic (exact) mass is 344 g/mol. The molecule has 1 atom stereocenters. The molecule has 114 valence electrons. The van der Waals surface area contributed by atoms with Crippen LogP contribution in [0.5, 0.6) is 0 Å². The number of ether oxygens (including phenoxy) is 1. The molecule has 2 N–H and O–H groups in total. The number of amides is 1. The minimum absolute atomic E-state index is 0. The Morgan fingerprint density at radius 1 is 1.29 bits per heavy atom. The van der Waals surface area contributed by atoms with Crippen LogP contribution in [0.1, 0.15) is 15.8 Å². The highest BCUT2D eigenvalue weighted by Crippen LogP contribution is 2.29. The summed E-state index contributed by atoms with van der Waals surface area (Å²) >= 11 is 3.31. The summed E-state index contributed by atoms with van der Waals surface area (Å²) < 4.78 is 5.51. The van der Waals surface area contributed by atoms with Crippen LogP contribution in [0.2, 0.25) is 0 Å². The van der Waals surface area contributed by atoms with Gasteiger partial charge >= 0.3 is 0 Å². The second-order valence-corrected chi connectivity index (χ2v) is 6.49. The molecule has 1 aliphatic rings. The van der Waals surface area contributed by atoms with Crippen LogP contribution in [0.15, 0.2) is 35.0 Å². The first-order valence-corrected chi connectivity index (χ1v) is 8.30. The zero-order valence-electron chi connectivity index (χ0n) is 11.3. The van der Waals surface area contributed by atoms with Crippen LogP contribution in [0, 0.1) is 0 Å². The van der Waals surface area contributed by atoms with Crippen molar-refractivity contribution >= 4 is 41.0 Å². The maximum absolute atomic E-state index is 12.3. The van der Waals surface area contributed by atoms with Crippen LogP contribution in [0.25, 0.3) is 0 Å². The standard InChI is InChI=1S/C14H16N2O2S2.ClH/c17-14(10-9-15-5-6-18-10)16-13(11-3-1-7-19-11)12-4-2-8-20-12;/h1-4,7-8,10,13,15H,5-6,9H2,(H,16,17);1H. The topological polar surface area (TPSA) is 50.4 Å². The molecule has 3 heterocycles. The number of rotatable bonds is 4. The van der Waals surface area contributed by atoms with Crippen molar-refractivity contribution < 1.29 is 9.53 Å². The van der Waals surface area contributed by atoms with Gasteiger partial charge in [0.1, 0.15) is 6.10 Å². The van der Waals surface area contributed by atoms with E-state index in [2.05, 4.69) is 22.8 Å². The highest BCUT2D eigenvalue weighted by molar-refractivity contribution is 7.11. The quantitative estimate of drug-likeness (QED) is 0.895. The molecule has 2 aromatic rings. The van der Waals surface area contributed by atoms with E-state index in [1.807, 2.05) is 22.9 Å². The highest BCUT2D eigenvalue weighted by atomic mass is 35.5. The number of halogens is 1. The molecule has 0 aromatic carbocycles. The molecule has 0 spiro atoms. The van der Waals surface area contributed by atoms with E-state index in [0.717, 1.165) is 16.3 Å². The van der Waals surface area contributed by atoms with Crippen molar-refractivity contribution in [1.29, 1.82) is 0 Å². The Morgan fingerprint density at radius 3 is 2.43 bits per heavy atom. The number of hydrogen-bond acceptors (Lipinski definition) is 5. The smallest absolute Gasteiger partial charge is 0.251 e. The molecule has 1 unspecified atom stereocenters. The third-order valence-corrected chi connectivity index (χ3v) is 5.04. The number of carbonyl (C=O) groups is 1. The third kappa shape index (κ3) is 4.05. The number of morpholine rings is 1. The molecule has 21 heavy (non-hydrogen) atoms. The fourth-order valence-electron chi connectivity index (χ4n) is 2.16. The van der Waals surface area contributed by atoms with Gasteiger partial charge in [0.15, 0.2) is 0 Å². The lowest BCUT2D eigenvalue weighted by molar-refractivity contribution is -0.134. The van der Waals surface area contributed by atoms with Gasteiger partial charge in [-0.2, -0.15) is 0 Å². The molecule has 1 saturated heterocycles. The Bertz CT molecular complexity index is 505. The zero-order chi connectivity index (χ0) is 13.8. The SMILES string of the molecule is Cl.O=C(NC(c1cccs1)c1cccs1)C1CNCCO1. The number of nitrogens with one attached hydrogen (secondary N) is 2. The van der Waals surface area contributed by atoms with Crippen molar-refractivity contribution in [2.75, 3.05) is 19.7 Å². The maximum Gasteiger partial charge on any atom is 0.251 e. The molecule has 2 aromatic heterocycles. The molecule has 4 nitrogen and oxygen atoms in total. The van der Waals surface area contributed by atoms with E-state index in [9.17, 15) is 4.79 Å². The van der Waals surface area contributed by atoms with Crippen molar-refractivity contribution in [3.8, 4) is 0 Å². The van der Waals surface area contributed by atoms with Gasteiger partial charge in [-0.1, -0.05) is 12.1 Å².